The molecule has 1 heterocycles. The summed E-state index contributed by atoms with van der Waals surface area (Å²) in [4.78, 5) is 22.6. The van der Waals surface area contributed by atoms with E-state index >= 15 is 0 Å². The molecule has 0 amide bonds. The number of nitro groups is 1. The number of carbonyl (C=O) groups excluding carboxylic acids is 1. The number of non-ortho nitro benzene ring substituents is 1. The van der Waals surface area contributed by atoms with Crippen LogP contribution in [0.15, 0.2) is 54.7 Å². The normalized spacial score (nSPS) is 10.8. The van der Waals surface area contributed by atoms with Crippen molar-refractivity contribution in [2.24, 2.45) is 0 Å². The van der Waals surface area contributed by atoms with Crippen molar-refractivity contribution >= 4 is 11.5 Å². The highest BCUT2D eigenvalue weighted by molar-refractivity contribution is 6.07. The minimum absolute atomic E-state index is 0.0644. The van der Waals surface area contributed by atoms with E-state index in [0.717, 1.165) is 5.69 Å². The summed E-state index contributed by atoms with van der Waals surface area (Å²) in [5.41, 5.74) is 2.46. The molecule has 3 aromatic rings. The molecule has 0 spiro atoms. The summed E-state index contributed by atoms with van der Waals surface area (Å²) >= 11 is 0. The first-order chi connectivity index (χ1) is 12.0. The molecule has 3 rings (SSSR count). The lowest BCUT2D eigenvalue weighted by Gasteiger charge is -2.06. The Hall–Kier alpha value is -3.35. The molecular weight excluding hydrogens is 320 g/mol. The number of aromatic nitrogens is 3. The molecule has 0 aliphatic carbocycles. The number of hydrogen-bond acceptors (Lipinski definition) is 5. The van der Waals surface area contributed by atoms with E-state index in [1.54, 1.807) is 6.20 Å². The van der Waals surface area contributed by atoms with E-state index in [9.17, 15) is 14.9 Å². The minimum atomic E-state index is -0.509. The summed E-state index contributed by atoms with van der Waals surface area (Å²) in [6.07, 6.45) is 1.55. The molecule has 0 radical (unpaired) electrons. The first kappa shape index (κ1) is 16.5. The van der Waals surface area contributed by atoms with Crippen LogP contribution in [0.2, 0.25) is 0 Å². The van der Waals surface area contributed by atoms with Crippen molar-refractivity contribution in [3.63, 3.8) is 0 Å². The van der Waals surface area contributed by atoms with Crippen LogP contribution >= 0.6 is 0 Å². The molecule has 1 aromatic heterocycles. The Morgan fingerprint density at radius 2 is 1.72 bits per heavy atom. The van der Waals surface area contributed by atoms with E-state index in [2.05, 4.69) is 24.2 Å². The number of carbonyl (C=O) groups is 1. The van der Waals surface area contributed by atoms with Gasteiger partial charge in [-0.3, -0.25) is 14.9 Å². The van der Waals surface area contributed by atoms with Gasteiger partial charge in [0.25, 0.3) is 5.69 Å². The molecule has 0 fully saturated rings. The predicted octanol–water partition coefficient (Wildman–Crippen LogP) is 3.53. The van der Waals surface area contributed by atoms with Gasteiger partial charge in [-0.25, -0.2) is 4.68 Å². The third kappa shape index (κ3) is 3.45. The fraction of sp³-hybridized carbons (Fsp3) is 0.167. The Bertz CT molecular complexity index is 912. The van der Waals surface area contributed by atoms with E-state index in [1.807, 2.05) is 24.3 Å². The lowest BCUT2D eigenvalue weighted by molar-refractivity contribution is -0.384. The van der Waals surface area contributed by atoms with Gasteiger partial charge in [0, 0.05) is 17.7 Å². The Balaban J connectivity index is 1.82. The standard InChI is InChI=1S/C18H16N4O3/c1-12(2)13-3-7-15(8-4-13)21-11-17(19-20-21)18(23)14-5-9-16(10-6-14)22(24)25/h3-12H,1-2H3. The highest BCUT2D eigenvalue weighted by Gasteiger charge is 2.15. The van der Waals surface area contributed by atoms with E-state index in [4.69, 9.17) is 0 Å². The number of nitro benzene ring substituents is 1. The summed E-state index contributed by atoms with van der Waals surface area (Å²) in [5, 5.41) is 18.6. The van der Waals surface area contributed by atoms with Crippen LogP contribution in [0.4, 0.5) is 5.69 Å². The molecular formula is C18H16N4O3. The van der Waals surface area contributed by atoms with E-state index in [0.29, 0.717) is 11.5 Å². The zero-order valence-corrected chi connectivity index (χ0v) is 13.8. The summed E-state index contributed by atoms with van der Waals surface area (Å²) < 4.78 is 1.53. The van der Waals surface area contributed by atoms with Crippen LogP contribution in [0.25, 0.3) is 5.69 Å². The summed E-state index contributed by atoms with van der Waals surface area (Å²) in [6, 6.07) is 13.3. The second-order valence-corrected chi connectivity index (χ2v) is 5.93. The van der Waals surface area contributed by atoms with Crippen molar-refractivity contribution in [2.45, 2.75) is 19.8 Å². The van der Waals surface area contributed by atoms with Crippen LogP contribution in [0.1, 0.15) is 41.4 Å². The fourth-order valence-electron chi connectivity index (χ4n) is 2.39. The molecule has 7 nitrogen and oxygen atoms in total. The molecule has 126 valence electrons. The summed E-state index contributed by atoms with van der Waals surface area (Å²) in [6.45, 7) is 4.23. The van der Waals surface area contributed by atoms with E-state index < -0.39 is 4.92 Å². The molecule has 0 saturated heterocycles. The molecule has 0 saturated carbocycles. The van der Waals surface area contributed by atoms with Gasteiger partial charge in [-0.2, -0.15) is 0 Å². The average Bonchev–Trinajstić information content (AvgIpc) is 3.11. The van der Waals surface area contributed by atoms with Crippen molar-refractivity contribution in [2.75, 3.05) is 0 Å². The van der Waals surface area contributed by atoms with Crippen molar-refractivity contribution in [3.05, 3.63) is 81.7 Å². The van der Waals surface area contributed by atoms with Crippen LogP contribution in [-0.4, -0.2) is 25.7 Å². The maximum absolute atomic E-state index is 12.4. The van der Waals surface area contributed by atoms with Gasteiger partial charge in [0.2, 0.25) is 5.78 Å². The molecule has 25 heavy (non-hydrogen) atoms. The molecule has 2 aromatic carbocycles. The molecule has 0 N–H and O–H groups in total. The zero-order chi connectivity index (χ0) is 18.0. The molecule has 7 heteroatoms. The lowest BCUT2D eigenvalue weighted by Crippen LogP contribution is -2.02. The maximum atomic E-state index is 12.4. The predicted molar refractivity (Wildman–Crippen MR) is 92.0 cm³/mol. The number of hydrogen-bond donors (Lipinski definition) is 0. The molecule has 0 aliphatic heterocycles. The number of ketones is 1. The second-order valence-electron chi connectivity index (χ2n) is 5.93. The third-order valence-electron chi connectivity index (χ3n) is 3.89. The van der Waals surface area contributed by atoms with Gasteiger partial charge in [0.15, 0.2) is 5.69 Å². The zero-order valence-electron chi connectivity index (χ0n) is 13.8. The van der Waals surface area contributed by atoms with Gasteiger partial charge in [-0.05, 0) is 35.7 Å². The molecule has 0 aliphatic rings. The van der Waals surface area contributed by atoms with Crippen molar-refractivity contribution in [1.29, 1.82) is 0 Å². The van der Waals surface area contributed by atoms with Gasteiger partial charge in [0.05, 0.1) is 16.8 Å². The Labute approximate surface area is 144 Å². The van der Waals surface area contributed by atoms with Crippen LogP contribution in [0, 0.1) is 10.1 Å². The quantitative estimate of drug-likeness (QED) is 0.404. The van der Waals surface area contributed by atoms with Crippen LogP contribution in [-0.2, 0) is 0 Å². The third-order valence-corrected chi connectivity index (χ3v) is 3.89. The number of nitrogens with zero attached hydrogens (tertiary/aromatic N) is 4. The van der Waals surface area contributed by atoms with Crippen molar-refractivity contribution < 1.29 is 9.72 Å². The largest absolute Gasteiger partial charge is 0.287 e. The topological polar surface area (TPSA) is 90.9 Å². The molecule has 0 atom stereocenters. The van der Waals surface area contributed by atoms with Gasteiger partial charge in [-0.1, -0.05) is 31.2 Å². The first-order valence-corrected chi connectivity index (χ1v) is 7.77. The Kier molecular flexibility index (Phi) is 4.38. The van der Waals surface area contributed by atoms with Crippen molar-refractivity contribution in [3.8, 4) is 5.69 Å². The van der Waals surface area contributed by atoms with Crippen LogP contribution in [0.3, 0.4) is 0 Å². The van der Waals surface area contributed by atoms with Crippen LogP contribution < -0.4 is 0 Å². The van der Waals surface area contributed by atoms with E-state index in [1.165, 1.54) is 34.5 Å². The van der Waals surface area contributed by atoms with Crippen LogP contribution in [0.5, 0.6) is 0 Å². The molecule has 0 bridgehead atoms. The maximum Gasteiger partial charge on any atom is 0.269 e. The highest BCUT2D eigenvalue weighted by Crippen LogP contribution is 2.18. The monoisotopic (exact) mass is 336 g/mol. The van der Waals surface area contributed by atoms with Gasteiger partial charge in [0.1, 0.15) is 0 Å². The Morgan fingerprint density at radius 3 is 2.28 bits per heavy atom. The first-order valence-electron chi connectivity index (χ1n) is 7.77. The summed E-state index contributed by atoms with van der Waals surface area (Å²) in [7, 11) is 0. The summed E-state index contributed by atoms with van der Waals surface area (Å²) in [5.74, 6) is 0.101. The lowest BCUT2D eigenvalue weighted by atomic mass is 10.0. The van der Waals surface area contributed by atoms with Gasteiger partial charge in [-0.15, -0.1) is 5.10 Å². The SMILES string of the molecule is CC(C)c1ccc(-n2cc(C(=O)c3ccc([N+](=O)[O-])cc3)nn2)cc1. The highest BCUT2D eigenvalue weighted by atomic mass is 16.6. The minimum Gasteiger partial charge on any atom is -0.287 e. The smallest absolute Gasteiger partial charge is 0.269 e. The van der Waals surface area contributed by atoms with E-state index in [-0.39, 0.29) is 17.2 Å². The number of rotatable bonds is 5. The number of benzene rings is 2. The van der Waals surface area contributed by atoms with Gasteiger partial charge < -0.3 is 0 Å². The molecule has 0 unspecified atom stereocenters. The van der Waals surface area contributed by atoms with Gasteiger partial charge >= 0.3 is 0 Å². The average molecular weight is 336 g/mol. The fourth-order valence-corrected chi connectivity index (χ4v) is 2.39. The second kappa shape index (κ2) is 6.64. The Morgan fingerprint density at radius 1 is 1.08 bits per heavy atom. The van der Waals surface area contributed by atoms with Crippen molar-refractivity contribution in [1.82, 2.24) is 15.0 Å².